The van der Waals surface area contributed by atoms with Gasteiger partial charge >= 0.3 is 0 Å². The van der Waals surface area contributed by atoms with Crippen molar-refractivity contribution in [2.75, 3.05) is 0 Å². The first-order chi connectivity index (χ1) is 17.0. The fourth-order valence-electron chi connectivity index (χ4n) is 4.01. The van der Waals surface area contributed by atoms with Crippen LogP contribution >= 0.6 is 0 Å². The van der Waals surface area contributed by atoms with Crippen LogP contribution in [-0.4, -0.2) is 0 Å². The highest BCUT2D eigenvalue weighted by Gasteiger charge is 2.16. The molecule has 0 N–H and O–H groups in total. The van der Waals surface area contributed by atoms with Gasteiger partial charge in [-0.3, -0.25) is 0 Å². The summed E-state index contributed by atoms with van der Waals surface area (Å²) in [7, 11) is 0. The zero-order chi connectivity index (χ0) is 24.7. The minimum Gasteiger partial charge on any atom is -0.456 e. The van der Waals surface area contributed by atoms with Crippen LogP contribution < -0.4 is 0 Å². The van der Waals surface area contributed by atoms with Crippen LogP contribution in [0.3, 0.4) is 0 Å². The van der Waals surface area contributed by atoms with Gasteiger partial charge in [0.25, 0.3) is 0 Å². The second-order valence-electron chi connectivity index (χ2n) is 7.68. The van der Waals surface area contributed by atoms with E-state index in [2.05, 4.69) is 9.69 Å². The topological polar surface area (TPSA) is 69.4 Å². The summed E-state index contributed by atoms with van der Waals surface area (Å²) in [6.45, 7) is 14.4. The standard InChI is InChI=1S/C28H10F2N4O/c1-33-23-9-17(7-19(13-31)27(23)29)15-3-5-21-22-6-4-16(12-26(22)35-25(21)11-15)18-8-20(14-32)28(30)24(10-18)34-2/h3-12H. The molecule has 0 aliphatic carbocycles. The summed E-state index contributed by atoms with van der Waals surface area (Å²) in [6, 6.07) is 19.9. The Morgan fingerprint density at radius 2 is 1.06 bits per heavy atom. The maximum Gasteiger partial charge on any atom is 0.224 e. The molecule has 5 aromatic rings. The molecule has 162 valence electrons. The number of halogens is 2. The van der Waals surface area contributed by atoms with Crippen molar-refractivity contribution in [3.8, 4) is 34.4 Å². The molecule has 0 saturated carbocycles. The Morgan fingerprint density at radius 3 is 1.43 bits per heavy atom. The third-order valence-corrected chi connectivity index (χ3v) is 5.73. The highest BCUT2D eigenvalue weighted by molar-refractivity contribution is 6.07. The molecule has 35 heavy (non-hydrogen) atoms. The predicted octanol–water partition coefficient (Wildman–Crippen LogP) is 8.04. The lowest BCUT2D eigenvalue weighted by molar-refractivity contribution is 0.629. The zero-order valence-electron chi connectivity index (χ0n) is 17.7. The number of fused-ring (bicyclic) bond motifs is 3. The maximum atomic E-state index is 14.1. The molecule has 0 fully saturated rings. The summed E-state index contributed by atoms with van der Waals surface area (Å²) in [5.74, 6) is -1.68. The molecular weight excluding hydrogens is 446 g/mol. The first-order valence-corrected chi connectivity index (χ1v) is 10.2. The highest BCUT2D eigenvalue weighted by Crippen LogP contribution is 2.37. The smallest absolute Gasteiger partial charge is 0.224 e. The van der Waals surface area contributed by atoms with Crippen LogP contribution in [0.15, 0.2) is 65.1 Å². The highest BCUT2D eigenvalue weighted by atomic mass is 19.1. The van der Waals surface area contributed by atoms with Crippen molar-refractivity contribution in [3.63, 3.8) is 0 Å². The van der Waals surface area contributed by atoms with E-state index >= 15 is 0 Å². The molecule has 5 rings (SSSR count). The Balaban J connectivity index is 1.65. The number of furan rings is 1. The Labute approximate surface area is 197 Å². The van der Waals surface area contributed by atoms with Gasteiger partial charge < -0.3 is 4.42 Å². The molecule has 0 radical (unpaired) electrons. The molecule has 4 aromatic carbocycles. The molecule has 1 aromatic heterocycles. The van der Waals surface area contributed by atoms with Crippen LogP contribution in [0, 0.1) is 47.4 Å². The number of hydrogen-bond donors (Lipinski definition) is 0. The van der Waals surface area contributed by atoms with Crippen molar-refractivity contribution in [3.05, 3.63) is 106 Å². The SMILES string of the molecule is [C-]#[N+]c1cc(-c2ccc3c(c2)oc2cc(-c4cc(C#N)c(F)c([N+]#[C-])c4)ccc23)cc(C#N)c1F. The van der Waals surface area contributed by atoms with Gasteiger partial charge in [-0.25, -0.2) is 18.5 Å². The Kier molecular flexibility index (Phi) is 4.96. The normalized spacial score (nSPS) is 10.5. The van der Waals surface area contributed by atoms with E-state index in [0.717, 1.165) is 10.8 Å². The summed E-state index contributed by atoms with van der Waals surface area (Å²) < 4.78 is 34.3. The van der Waals surface area contributed by atoms with Gasteiger partial charge in [-0.15, -0.1) is 0 Å². The average molecular weight is 456 g/mol. The summed E-state index contributed by atoms with van der Waals surface area (Å²) >= 11 is 0. The Hall–Kier alpha value is -5.50. The molecule has 0 atom stereocenters. The van der Waals surface area contributed by atoms with E-state index in [4.69, 9.17) is 17.6 Å². The van der Waals surface area contributed by atoms with Crippen LogP contribution in [0.2, 0.25) is 0 Å². The number of hydrogen-bond acceptors (Lipinski definition) is 3. The van der Waals surface area contributed by atoms with Gasteiger partial charge in [0.1, 0.15) is 34.9 Å². The Bertz CT molecular complexity index is 1670. The number of rotatable bonds is 2. The molecule has 5 nitrogen and oxygen atoms in total. The quantitative estimate of drug-likeness (QED) is 0.252. The van der Waals surface area contributed by atoms with Gasteiger partial charge in [0.05, 0.1) is 24.3 Å². The van der Waals surface area contributed by atoms with Gasteiger partial charge in [-0.05, 0) is 70.8 Å². The van der Waals surface area contributed by atoms with Crippen LogP contribution in [0.4, 0.5) is 20.2 Å². The third kappa shape index (κ3) is 3.42. The third-order valence-electron chi connectivity index (χ3n) is 5.73. The monoisotopic (exact) mass is 456 g/mol. The lowest BCUT2D eigenvalue weighted by Gasteiger charge is -2.05. The lowest BCUT2D eigenvalue weighted by atomic mass is 9.99. The summed E-state index contributed by atoms with van der Waals surface area (Å²) in [5, 5.41) is 20.1. The molecule has 1 heterocycles. The van der Waals surface area contributed by atoms with Crippen molar-refractivity contribution < 1.29 is 13.2 Å². The fourth-order valence-corrected chi connectivity index (χ4v) is 4.01. The molecule has 0 amide bonds. The minimum absolute atomic E-state index is 0.210. The van der Waals surface area contributed by atoms with Crippen molar-refractivity contribution in [2.45, 2.75) is 0 Å². The van der Waals surface area contributed by atoms with E-state index in [1.807, 2.05) is 12.1 Å². The van der Waals surface area contributed by atoms with Crippen molar-refractivity contribution in [2.24, 2.45) is 0 Å². The first-order valence-electron chi connectivity index (χ1n) is 10.2. The van der Waals surface area contributed by atoms with E-state index in [1.54, 1.807) is 36.4 Å². The van der Waals surface area contributed by atoms with Crippen LogP contribution in [-0.2, 0) is 0 Å². The van der Waals surface area contributed by atoms with Gasteiger partial charge in [0, 0.05) is 10.8 Å². The van der Waals surface area contributed by atoms with Gasteiger partial charge in [0.15, 0.2) is 0 Å². The van der Waals surface area contributed by atoms with Crippen molar-refractivity contribution >= 4 is 33.3 Å². The van der Waals surface area contributed by atoms with E-state index in [1.165, 1.54) is 24.3 Å². The summed E-state index contributed by atoms with van der Waals surface area (Å²) in [4.78, 5) is 6.34. The van der Waals surface area contributed by atoms with Gasteiger partial charge in [-0.2, -0.15) is 10.5 Å². The molecule has 0 aliphatic rings. The van der Waals surface area contributed by atoms with Gasteiger partial charge in [0.2, 0.25) is 11.4 Å². The summed E-state index contributed by atoms with van der Waals surface area (Å²) in [6.07, 6.45) is 0. The van der Waals surface area contributed by atoms with Gasteiger partial charge in [-0.1, -0.05) is 12.1 Å². The molecule has 0 unspecified atom stereocenters. The average Bonchev–Trinajstić information content (AvgIpc) is 3.26. The van der Waals surface area contributed by atoms with E-state index in [0.29, 0.717) is 33.4 Å². The van der Waals surface area contributed by atoms with Crippen molar-refractivity contribution in [1.29, 1.82) is 10.5 Å². The van der Waals surface area contributed by atoms with Crippen molar-refractivity contribution in [1.82, 2.24) is 0 Å². The second-order valence-corrected chi connectivity index (χ2v) is 7.68. The maximum absolute atomic E-state index is 14.1. The number of nitrogens with zero attached hydrogens (tertiary/aromatic N) is 4. The first kappa shape index (κ1) is 21.4. The number of nitriles is 2. The van der Waals surface area contributed by atoms with Crippen LogP contribution in [0.1, 0.15) is 11.1 Å². The second kappa shape index (κ2) is 8.13. The lowest BCUT2D eigenvalue weighted by Crippen LogP contribution is -1.87. The molecule has 0 spiro atoms. The van der Waals surface area contributed by atoms with E-state index in [-0.39, 0.29) is 22.5 Å². The summed E-state index contributed by atoms with van der Waals surface area (Å²) in [5.41, 5.74) is 2.52. The predicted molar refractivity (Wildman–Crippen MR) is 126 cm³/mol. The molecule has 7 heteroatoms. The largest absolute Gasteiger partial charge is 0.456 e. The molecular formula is C28H10F2N4O. The minimum atomic E-state index is -0.842. The fraction of sp³-hybridized carbons (Fsp3) is 0. The zero-order valence-corrected chi connectivity index (χ0v) is 17.7. The van der Waals surface area contributed by atoms with E-state index < -0.39 is 11.6 Å². The molecule has 0 bridgehead atoms. The number of benzene rings is 4. The molecule has 0 aliphatic heterocycles. The van der Waals surface area contributed by atoms with Crippen LogP contribution in [0.25, 0.3) is 53.9 Å². The van der Waals surface area contributed by atoms with E-state index in [9.17, 15) is 19.3 Å². The van der Waals surface area contributed by atoms with Crippen LogP contribution in [0.5, 0.6) is 0 Å². The Morgan fingerprint density at radius 1 is 0.629 bits per heavy atom. The molecule has 0 saturated heterocycles.